The van der Waals surface area contributed by atoms with Gasteiger partial charge in [-0.15, -0.1) is 0 Å². The summed E-state index contributed by atoms with van der Waals surface area (Å²) in [6.07, 6.45) is 0.924. The summed E-state index contributed by atoms with van der Waals surface area (Å²) in [7, 11) is -4.24. The lowest BCUT2D eigenvalue weighted by Crippen LogP contribution is -2.53. The predicted molar refractivity (Wildman–Crippen MR) is 178 cm³/mol. The van der Waals surface area contributed by atoms with Gasteiger partial charge in [-0.05, 0) is 54.8 Å². The third-order valence-corrected chi connectivity index (χ3v) is 9.31. The zero-order valence-corrected chi connectivity index (χ0v) is 27.0. The maximum Gasteiger partial charge on any atom is 0.264 e. The van der Waals surface area contributed by atoms with Crippen LogP contribution in [0.2, 0.25) is 5.02 Å². The van der Waals surface area contributed by atoms with Crippen LogP contribution in [-0.2, 0) is 32.6 Å². The number of nitrogens with zero attached hydrogens (tertiary/aromatic N) is 2. The Hall–Kier alpha value is -4.34. The molecule has 0 aliphatic rings. The van der Waals surface area contributed by atoms with Gasteiger partial charge in [-0.25, -0.2) is 8.42 Å². The van der Waals surface area contributed by atoms with Gasteiger partial charge in [0.1, 0.15) is 18.3 Å². The molecular formula is C35H38ClN3O5S. The summed E-state index contributed by atoms with van der Waals surface area (Å²) >= 11 is 6.55. The van der Waals surface area contributed by atoms with Crippen molar-refractivity contribution in [3.63, 3.8) is 0 Å². The van der Waals surface area contributed by atoms with Crippen LogP contribution in [0.5, 0.6) is 5.75 Å². The summed E-state index contributed by atoms with van der Waals surface area (Å²) in [6, 6.07) is 30.2. The molecule has 236 valence electrons. The quantitative estimate of drug-likeness (QED) is 0.168. The van der Waals surface area contributed by atoms with Crippen molar-refractivity contribution in [1.29, 1.82) is 0 Å². The minimum atomic E-state index is -4.24. The number of halogens is 1. The topological polar surface area (TPSA) is 96.0 Å². The number of benzene rings is 4. The first-order valence-electron chi connectivity index (χ1n) is 14.9. The van der Waals surface area contributed by atoms with Crippen molar-refractivity contribution in [2.45, 2.75) is 44.2 Å². The van der Waals surface area contributed by atoms with Crippen molar-refractivity contribution < 1.29 is 22.7 Å². The molecule has 0 spiro atoms. The van der Waals surface area contributed by atoms with Gasteiger partial charge in [-0.1, -0.05) is 97.4 Å². The number of nitrogens with one attached hydrogen (secondary N) is 1. The van der Waals surface area contributed by atoms with Crippen molar-refractivity contribution in [3.05, 3.63) is 125 Å². The number of carbonyl (C=O) groups is 2. The predicted octanol–water partition coefficient (Wildman–Crippen LogP) is 6.10. The lowest BCUT2D eigenvalue weighted by molar-refractivity contribution is -0.140. The van der Waals surface area contributed by atoms with E-state index in [0.717, 1.165) is 9.87 Å². The zero-order valence-electron chi connectivity index (χ0n) is 25.4. The van der Waals surface area contributed by atoms with E-state index in [9.17, 15) is 18.0 Å². The number of hydrogen-bond donors (Lipinski definition) is 1. The summed E-state index contributed by atoms with van der Waals surface area (Å²) in [5.41, 5.74) is 1.69. The van der Waals surface area contributed by atoms with E-state index < -0.39 is 28.5 Å². The first kappa shape index (κ1) is 33.6. The largest absolute Gasteiger partial charge is 0.492 e. The fraction of sp³-hybridized carbons (Fsp3) is 0.257. The molecule has 4 rings (SSSR count). The van der Waals surface area contributed by atoms with Gasteiger partial charge in [0.2, 0.25) is 11.8 Å². The highest BCUT2D eigenvalue weighted by Gasteiger charge is 2.35. The smallest absolute Gasteiger partial charge is 0.264 e. The second-order valence-corrected chi connectivity index (χ2v) is 12.6. The number of sulfonamides is 1. The zero-order chi connectivity index (χ0) is 32.2. The molecule has 1 atom stereocenters. The number of amides is 2. The lowest BCUT2D eigenvalue weighted by Gasteiger charge is -2.34. The Balaban J connectivity index is 1.83. The molecule has 0 saturated heterocycles. The van der Waals surface area contributed by atoms with E-state index in [2.05, 4.69) is 5.32 Å². The summed E-state index contributed by atoms with van der Waals surface area (Å²) < 4.78 is 35.2. The minimum Gasteiger partial charge on any atom is -0.492 e. The normalized spacial score (nSPS) is 11.8. The Kier molecular flexibility index (Phi) is 12.0. The highest BCUT2D eigenvalue weighted by Crippen LogP contribution is 2.33. The Labute approximate surface area is 270 Å². The van der Waals surface area contributed by atoms with Crippen molar-refractivity contribution in [2.24, 2.45) is 0 Å². The molecule has 1 unspecified atom stereocenters. The second-order valence-electron chi connectivity index (χ2n) is 10.3. The van der Waals surface area contributed by atoms with E-state index in [1.165, 1.54) is 17.0 Å². The monoisotopic (exact) mass is 647 g/mol. The van der Waals surface area contributed by atoms with Gasteiger partial charge >= 0.3 is 0 Å². The lowest BCUT2D eigenvalue weighted by atomic mass is 10.0. The van der Waals surface area contributed by atoms with E-state index in [0.29, 0.717) is 35.9 Å². The third-order valence-electron chi connectivity index (χ3n) is 7.16. The fourth-order valence-corrected chi connectivity index (χ4v) is 6.55. The standard InChI is InChI=1S/C35H38ClN3O5S/c1-3-23-37-35(41)32(24-27-15-7-5-8-16-27)38(25-28-17-11-12-20-30(28)36)34(40)26-39(31-21-13-14-22-33(31)44-4-2)45(42,43)29-18-9-6-10-19-29/h5-22,32H,3-4,23-26H2,1-2H3,(H,37,41). The fourth-order valence-electron chi connectivity index (χ4n) is 4.90. The van der Waals surface area contributed by atoms with Gasteiger partial charge in [-0.3, -0.25) is 13.9 Å². The Morgan fingerprint density at radius 1 is 0.844 bits per heavy atom. The molecule has 0 saturated carbocycles. The van der Waals surface area contributed by atoms with Crippen LogP contribution < -0.4 is 14.4 Å². The summed E-state index contributed by atoms with van der Waals surface area (Å²) in [4.78, 5) is 29.8. The number of anilines is 1. The van der Waals surface area contributed by atoms with E-state index in [1.54, 1.807) is 73.7 Å². The average Bonchev–Trinajstić information content (AvgIpc) is 3.06. The van der Waals surface area contributed by atoms with Crippen LogP contribution in [-0.4, -0.2) is 50.9 Å². The number of carbonyl (C=O) groups excluding carboxylic acids is 2. The summed E-state index contributed by atoms with van der Waals surface area (Å²) in [5.74, 6) is -0.604. The Morgan fingerprint density at radius 2 is 1.47 bits per heavy atom. The van der Waals surface area contributed by atoms with Crippen LogP contribution in [0, 0.1) is 0 Å². The van der Waals surface area contributed by atoms with E-state index >= 15 is 0 Å². The molecule has 8 nitrogen and oxygen atoms in total. The number of ether oxygens (including phenoxy) is 1. The van der Waals surface area contributed by atoms with Crippen molar-refractivity contribution in [1.82, 2.24) is 10.2 Å². The van der Waals surface area contributed by atoms with Crippen LogP contribution in [0.3, 0.4) is 0 Å². The molecule has 0 aromatic heterocycles. The van der Waals surface area contributed by atoms with Gasteiger partial charge in [0.15, 0.2) is 0 Å². The van der Waals surface area contributed by atoms with Gasteiger partial charge in [0, 0.05) is 24.5 Å². The molecular weight excluding hydrogens is 610 g/mol. The molecule has 0 bridgehead atoms. The van der Waals surface area contributed by atoms with Crippen LogP contribution in [0.25, 0.3) is 0 Å². The number of rotatable bonds is 15. The van der Waals surface area contributed by atoms with E-state index in [1.807, 2.05) is 37.3 Å². The molecule has 4 aromatic carbocycles. The highest BCUT2D eigenvalue weighted by atomic mass is 35.5. The third kappa shape index (κ3) is 8.65. The maximum absolute atomic E-state index is 14.6. The molecule has 0 radical (unpaired) electrons. The molecule has 0 fully saturated rings. The second kappa shape index (κ2) is 16.1. The molecule has 0 heterocycles. The van der Waals surface area contributed by atoms with E-state index in [-0.39, 0.29) is 29.5 Å². The Bertz CT molecular complexity index is 1670. The molecule has 1 N–H and O–H groups in total. The molecule has 4 aromatic rings. The van der Waals surface area contributed by atoms with Gasteiger partial charge < -0.3 is 15.0 Å². The summed E-state index contributed by atoms with van der Waals surface area (Å²) in [6.45, 7) is 3.86. The van der Waals surface area contributed by atoms with Crippen LogP contribution in [0.1, 0.15) is 31.4 Å². The van der Waals surface area contributed by atoms with Gasteiger partial charge in [0.05, 0.1) is 17.2 Å². The molecule has 10 heteroatoms. The first-order valence-corrected chi connectivity index (χ1v) is 16.7. The molecule has 0 aliphatic heterocycles. The molecule has 2 amide bonds. The van der Waals surface area contributed by atoms with Gasteiger partial charge in [0.25, 0.3) is 10.0 Å². The molecule has 45 heavy (non-hydrogen) atoms. The molecule has 0 aliphatic carbocycles. The van der Waals surface area contributed by atoms with Crippen molar-refractivity contribution in [3.8, 4) is 5.75 Å². The van der Waals surface area contributed by atoms with Gasteiger partial charge in [-0.2, -0.15) is 0 Å². The highest BCUT2D eigenvalue weighted by molar-refractivity contribution is 7.92. The Morgan fingerprint density at radius 3 is 2.13 bits per heavy atom. The maximum atomic E-state index is 14.6. The van der Waals surface area contributed by atoms with E-state index in [4.69, 9.17) is 16.3 Å². The minimum absolute atomic E-state index is 0.0120. The average molecular weight is 648 g/mol. The number of hydrogen-bond acceptors (Lipinski definition) is 5. The number of para-hydroxylation sites is 2. The van der Waals surface area contributed by atoms with Crippen LogP contribution in [0.15, 0.2) is 114 Å². The van der Waals surface area contributed by atoms with Crippen molar-refractivity contribution in [2.75, 3.05) is 24.0 Å². The summed E-state index contributed by atoms with van der Waals surface area (Å²) in [5, 5.41) is 3.37. The van der Waals surface area contributed by atoms with Crippen LogP contribution in [0.4, 0.5) is 5.69 Å². The first-order chi connectivity index (χ1) is 21.8. The van der Waals surface area contributed by atoms with Crippen molar-refractivity contribution >= 4 is 39.1 Å². The SMILES string of the molecule is CCCNC(=O)C(Cc1ccccc1)N(Cc1ccccc1Cl)C(=O)CN(c1ccccc1OCC)S(=O)(=O)c1ccccc1. The van der Waals surface area contributed by atoms with Crippen LogP contribution >= 0.6 is 11.6 Å².